The summed E-state index contributed by atoms with van der Waals surface area (Å²) in [6.45, 7) is 4.45. The molecular weight excluding hydrogens is 348 g/mol. The van der Waals surface area contributed by atoms with Gasteiger partial charge >= 0.3 is 0 Å². The van der Waals surface area contributed by atoms with E-state index in [1.54, 1.807) is 0 Å². The van der Waals surface area contributed by atoms with Crippen molar-refractivity contribution in [2.45, 2.75) is 76.4 Å². The van der Waals surface area contributed by atoms with Gasteiger partial charge in [0, 0.05) is 11.8 Å². The summed E-state index contributed by atoms with van der Waals surface area (Å²) < 4.78 is 0. The van der Waals surface area contributed by atoms with Gasteiger partial charge in [0.15, 0.2) is 5.78 Å². The van der Waals surface area contributed by atoms with Crippen LogP contribution in [0.15, 0.2) is 42.0 Å². The zero-order chi connectivity index (χ0) is 19.8. The van der Waals surface area contributed by atoms with Crippen LogP contribution in [0.2, 0.25) is 0 Å². The molecule has 3 saturated carbocycles. The van der Waals surface area contributed by atoms with Crippen molar-refractivity contribution in [2.75, 3.05) is 0 Å². The normalized spacial score (nSPS) is 47.7. The standard InChI is InChI=1S/C25H32O3/c1-22-12-10-19(26)16-18(22)8-9-21-20(22)11-13-23(2)24(27,14-15-25(21,23)28)17-6-4-3-5-7-17/h3-7,16,20-21,27-28H,8-15H2,1-2H3/t20-,21+,22-,23+,24-,25-/m0/s1. The number of rotatable bonds is 1. The Morgan fingerprint density at radius 2 is 1.64 bits per heavy atom. The van der Waals surface area contributed by atoms with Crippen LogP contribution in [0.25, 0.3) is 0 Å². The zero-order valence-corrected chi connectivity index (χ0v) is 17.1. The van der Waals surface area contributed by atoms with E-state index in [1.807, 2.05) is 36.4 Å². The molecule has 0 spiro atoms. The van der Waals surface area contributed by atoms with E-state index in [2.05, 4.69) is 13.8 Å². The van der Waals surface area contributed by atoms with Crippen molar-refractivity contribution < 1.29 is 15.0 Å². The number of carbonyl (C=O) groups excluding carboxylic acids is 1. The maximum Gasteiger partial charge on any atom is 0.155 e. The molecule has 0 saturated heterocycles. The topological polar surface area (TPSA) is 57.5 Å². The Balaban J connectivity index is 1.56. The number of hydrogen-bond donors (Lipinski definition) is 2. The lowest BCUT2D eigenvalue weighted by molar-refractivity contribution is -0.221. The predicted molar refractivity (Wildman–Crippen MR) is 109 cm³/mol. The van der Waals surface area contributed by atoms with Crippen LogP contribution in [0.4, 0.5) is 0 Å². The number of carbonyl (C=O) groups is 1. The lowest BCUT2D eigenvalue weighted by atomic mass is 9.44. The fraction of sp³-hybridized carbons (Fsp3) is 0.640. The fourth-order valence-electron chi connectivity index (χ4n) is 7.72. The van der Waals surface area contributed by atoms with Crippen LogP contribution in [-0.4, -0.2) is 21.6 Å². The third kappa shape index (κ3) is 2.10. The quantitative estimate of drug-likeness (QED) is 0.753. The molecule has 4 aliphatic rings. The molecule has 6 atom stereocenters. The first-order valence-corrected chi connectivity index (χ1v) is 11.0. The lowest BCUT2D eigenvalue weighted by Gasteiger charge is -2.62. The Kier molecular flexibility index (Phi) is 3.84. The number of benzene rings is 1. The van der Waals surface area contributed by atoms with Gasteiger partial charge in [-0.05, 0) is 73.8 Å². The second-order valence-electron chi connectivity index (χ2n) is 10.3. The summed E-state index contributed by atoms with van der Waals surface area (Å²) >= 11 is 0. The van der Waals surface area contributed by atoms with E-state index in [4.69, 9.17) is 0 Å². The number of aliphatic hydroxyl groups is 2. The van der Waals surface area contributed by atoms with E-state index in [0.29, 0.717) is 25.2 Å². The average molecular weight is 381 g/mol. The van der Waals surface area contributed by atoms with Gasteiger partial charge < -0.3 is 10.2 Å². The van der Waals surface area contributed by atoms with E-state index in [0.717, 1.165) is 37.7 Å². The molecule has 3 fully saturated rings. The second kappa shape index (κ2) is 5.79. The Labute approximate surface area is 167 Å². The van der Waals surface area contributed by atoms with Crippen molar-refractivity contribution in [3.05, 3.63) is 47.5 Å². The maximum atomic E-state index is 12.2. The monoisotopic (exact) mass is 380 g/mol. The highest BCUT2D eigenvalue weighted by Crippen LogP contribution is 2.71. The highest BCUT2D eigenvalue weighted by atomic mass is 16.3. The summed E-state index contributed by atoms with van der Waals surface area (Å²) in [5.74, 6) is 0.862. The molecule has 0 aromatic heterocycles. The lowest BCUT2D eigenvalue weighted by Crippen LogP contribution is -2.63. The molecule has 0 aliphatic heterocycles. The molecular formula is C25H32O3. The van der Waals surface area contributed by atoms with Crippen LogP contribution in [-0.2, 0) is 10.4 Å². The summed E-state index contributed by atoms with van der Waals surface area (Å²) in [7, 11) is 0. The summed E-state index contributed by atoms with van der Waals surface area (Å²) in [4.78, 5) is 12.0. The molecule has 1 aromatic rings. The van der Waals surface area contributed by atoms with Gasteiger partial charge in [-0.3, -0.25) is 4.79 Å². The largest absolute Gasteiger partial charge is 0.389 e. The van der Waals surface area contributed by atoms with E-state index in [-0.39, 0.29) is 17.1 Å². The number of hydrogen-bond acceptors (Lipinski definition) is 3. The van der Waals surface area contributed by atoms with Gasteiger partial charge in [-0.15, -0.1) is 0 Å². The van der Waals surface area contributed by atoms with Crippen LogP contribution in [0.5, 0.6) is 0 Å². The average Bonchev–Trinajstić information content (AvgIpc) is 2.91. The van der Waals surface area contributed by atoms with Gasteiger partial charge in [0.05, 0.1) is 11.2 Å². The first-order valence-electron chi connectivity index (χ1n) is 11.0. The van der Waals surface area contributed by atoms with Crippen molar-refractivity contribution in [1.82, 2.24) is 0 Å². The second-order valence-corrected chi connectivity index (χ2v) is 10.3. The highest BCUT2D eigenvalue weighted by molar-refractivity contribution is 5.91. The molecule has 0 unspecified atom stereocenters. The van der Waals surface area contributed by atoms with E-state index >= 15 is 0 Å². The third-order valence-electron chi connectivity index (χ3n) is 9.54. The fourth-order valence-corrected chi connectivity index (χ4v) is 7.72. The SMILES string of the molecule is C[C@]12CC[C@H]3[C@@H](CCC4=CC(=O)CC[C@@]43C)[C@@]1(O)CC[C@]2(O)c1ccccc1. The summed E-state index contributed by atoms with van der Waals surface area (Å²) in [5.41, 5.74) is -0.0815. The van der Waals surface area contributed by atoms with Crippen molar-refractivity contribution in [3.8, 4) is 0 Å². The molecule has 0 amide bonds. The Morgan fingerprint density at radius 1 is 0.893 bits per heavy atom. The summed E-state index contributed by atoms with van der Waals surface area (Å²) in [6, 6.07) is 9.97. The maximum absolute atomic E-state index is 12.2. The Hall–Kier alpha value is -1.45. The third-order valence-corrected chi connectivity index (χ3v) is 9.54. The van der Waals surface area contributed by atoms with Crippen molar-refractivity contribution in [3.63, 3.8) is 0 Å². The molecule has 3 nitrogen and oxygen atoms in total. The van der Waals surface area contributed by atoms with Crippen molar-refractivity contribution in [1.29, 1.82) is 0 Å². The Morgan fingerprint density at radius 3 is 2.39 bits per heavy atom. The van der Waals surface area contributed by atoms with Gasteiger partial charge in [-0.25, -0.2) is 0 Å². The minimum absolute atomic E-state index is 0.0291. The summed E-state index contributed by atoms with van der Waals surface area (Å²) in [6.07, 6.45) is 8.40. The zero-order valence-electron chi connectivity index (χ0n) is 17.1. The van der Waals surface area contributed by atoms with Gasteiger partial charge in [-0.2, -0.15) is 0 Å². The van der Waals surface area contributed by atoms with Crippen LogP contribution in [0, 0.1) is 22.7 Å². The Bertz CT molecular complexity index is 845. The highest BCUT2D eigenvalue weighted by Gasteiger charge is 2.71. The molecule has 0 bridgehead atoms. The van der Waals surface area contributed by atoms with Gasteiger partial charge in [0.1, 0.15) is 0 Å². The molecule has 150 valence electrons. The van der Waals surface area contributed by atoms with Gasteiger partial charge in [0.2, 0.25) is 0 Å². The van der Waals surface area contributed by atoms with Crippen LogP contribution >= 0.6 is 0 Å². The molecule has 0 heterocycles. The molecule has 2 N–H and O–H groups in total. The molecule has 5 rings (SSSR count). The number of allylic oxidation sites excluding steroid dienone is 1. The smallest absolute Gasteiger partial charge is 0.155 e. The molecule has 1 aromatic carbocycles. The number of fused-ring (bicyclic) bond motifs is 5. The molecule has 3 heteroatoms. The molecule has 0 radical (unpaired) electrons. The predicted octanol–water partition coefficient (Wildman–Crippen LogP) is 4.52. The van der Waals surface area contributed by atoms with Crippen LogP contribution in [0.3, 0.4) is 0 Å². The summed E-state index contributed by atoms with van der Waals surface area (Å²) in [5, 5.41) is 24.1. The van der Waals surface area contributed by atoms with Gasteiger partial charge in [0.25, 0.3) is 0 Å². The van der Waals surface area contributed by atoms with Crippen LogP contribution < -0.4 is 0 Å². The minimum Gasteiger partial charge on any atom is -0.389 e. The van der Waals surface area contributed by atoms with E-state index in [1.165, 1.54) is 5.57 Å². The van der Waals surface area contributed by atoms with Gasteiger partial charge in [-0.1, -0.05) is 49.8 Å². The van der Waals surface area contributed by atoms with Crippen molar-refractivity contribution in [2.24, 2.45) is 22.7 Å². The first kappa shape index (κ1) is 18.6. The van der Waals surface area contributed by atoms with E-state index < -0.39 is 16.6 Å². The van der Waals surface area contributed by atoms with Crippen LogP contribution in [0.1, 0.15) is 70.8 Å². The first-order chi connectivity index (χ1) is 13.2. The van der Waals surface area contributed by atoms with Crippen molar-refractivity contribution >= 4 is 5.78 Å². The molecule has 4 aliphatic carbocycles. The number of ketones is 1. The minimum atomic E-state index is -0.979. The molecule has 28 heavy (non-hydrogen) atoms. The van der Waals surface area contributed by atoms with E-state index in [9.17, 15) is 15.0 Å².